The fourth-order valence-corrected chi connectivity index (χ4v) is 3.08. The van der Waals surface area contributed by atoms with Gasteiger partial charge in [0.15, 0.2) is 0 Å². The van der Waals surface area contributed by atoms with E-state index in [4.69, 9.17) is 5.73 Å². The molecular weight excluding hydrogens is 237 g/mol. The quantitative estimate of drug-likeness (QED) is 0.864. The summed E-state index contributed by atoms with van der Waals surface area (Å²) in [5.74, 6) is 0.135. The standard InChI is InChI=1S/C17H18FN/c18-14-10-8-13(9-11-14)17(19)16-7-3-5-12-4-1-2-6-15(12)16/h1-2,4,6,8-11,16-17H,3,5,7,19H2. The number of nitrogens with two attached hydrogens (primary N) is 1. The lowest BCUT2D eigenvalue weighted by Crippen LogP contribution is -2.23. The van der Waals surface area contributed by atoms with Crippen LogP contribution in [0, 0.1) is 5.82 Å². The van der Waals surface area contributed by atoms with Crippen molar-refractivity contribution in [1.29, 1.82) is 0 Å². The van der Waals surface area contributed by atoms with Crippen molar-refractivity contribution < 1.29 is 4.39 Å². The summed E-state index contributed by atoms with van der Waals surface area (Å²) < 4.78 is 13.0. The van der Waals surface area contributed by atoms with Crippen LogP contribution in [0.4, 0.5) is 4.39 Å². The molecule has 2 unspecified atom stereocenters. The Hall–Kier alpha value is -1.67. The average Bonchev–Trinajstić information content (AvgIpc) is 2.47. The molecule has 2 aromatic carbocycles. The Labute approximate surface area is 113 Å². The Bertz CT molecular complexity index is 562. The maximum absolute atomic E-state index is 13.0. The van der Waals surface area contributed by atoms with Gasteiger partial charge in [-0.3, -0.25) is 0 Å². The lowest BCUT2D eigenvalue weighted by Gasteiger charge is -2.30. The Morgan fingerprint density at radius 3 is 2.58 bits per heavy atom. The lowest BCUT2D eigenvalue weighted by atomic mass is 9.77. The van der Waals surface area contributed by atoms with Gasteiger partial charge in [-0.15, -0.1) is 0 Å². The zero-order valence-corrected chi connectivity index (χ0v) is 10.9. The topological polar surface area (TPSA) is 26.0 Å². The molecule has 0 aromatic heterocycles. The number of halogens is 1. The fraction of sp³-hybridized carbons (Fsp3) is 0.294. The maximum atomic E-state index is 13.0. The van der Waals surface area contributed by atoms with E-state index in [-0.39, 0.29) is 11.9 Å². The normalized spacial score (nSPS) is 19.8. The summed E-state index contributed by atoms with van der Waals surface area (Å²) in [4.78, 5) is 0. The van der Waals surface area contributed by atoms with Gasteiger partial charge in [-0.1, -0.05) is 36.4 Å². The monoisotopic (exact) mass is 255 g/mol. The molecule has 3 rings (SSSR count). The van der Waals surface area contributed by atoms with Gasteiger partial charge in [-0.25, -0.2) is 4.39 Å². The van der Waals surface area contributed by atoms with E-state index >= 15 is 0 Å². The number of rotatable bonds is 2. The minimum absolute atomic E-state index is 0.0537. The summed E-state index contributed by atoms with van der Waals surface area (Å²) in [6.07, 6.45) is 3.43. The van der Waals surface area contributed by atoms with E-state index in [1.807, 2.05) is 0 Å². The van der Waals surface area contributed by atoms with Crippen molar-refractivity contribution in [3.63, 3.8) is 0 Å². The van der Waals surface area contributed by atoms with E-state index in [0.29, 0.717) is 5.92 Å². The van der Waals surface area contributed by atoms with E-state index in [1.54, 1.807) is 12.1 Å². The number of fused-ring (bicyclic) bond motifs is 1. The highest BCUT2D eigenvalue weighted by molar-refractivity contribution is 5.36. The molecule has 2 aromatic rings. The highest BCUT2D eigenvalue weighted by Gasteiger charge is 2.26. The minimum Gasteiger partial charge on any atom is -0.323 e. The van der Waals surface area contributed by atoms with Crippen LogP contribution in [0.25, 0.3) is 0 Å². The lowest BCUT2D eigenvalue weighted by molar-refractivity contribution is 0.474. The largest absolute Gasteiger partial charge is 0.323 e. The van der Waals surface area contributed by atoms with E-state index < -0.39 is 0 Å². The number of benzene rings is 2. The van der Waals surface area contributed by atoms with Crippen LogP contribution in [-0.4, -0.2) is 0 Å². The molecule has 19 heavy (non-hydrogen) atoms. The second-order valence-electron chi connectivity index (χ2n) is 5.27. The van der Waals surface area contributed by atoms with E-state index in [1.165, 1.54) is 29.7 Å². The Morgan fingerprint density at radius 2 is 1.79 bits per heavy atom. The zero-order chi connectivity index (χ0) is 13.2. The molecule has 0 saturated heterocycles. The molecule has 1 aliphatic carbocycles. The Kier molecular flexibility index (Phi) is 3.34. The SMILES string of the molecule is NC(c1ccc(F)cc1)C1CCCc2ccccc21. The van der Waals surface area contributed by atoms with Gasteiger partial charge in [0.05, 0.1) is 0 Å². The van der Waals surface area contributed by atoms with Crippen LogP contribution < -0.4 is 5.73 Å². The van der Waals surface area contributed by atoms with Crippen LogP contribution >= 0.6 is 0 Å². The van der Waals surface area contributed by atoms with Crippen molar-refractivity contribution in [1.82, 2.24) is 0 Å². The molecule has 1 aliphatic rings. The summed E-state index contributed by atoms with van der Waals surface area (Å²) in [5, 5.41) is 0. The first-order valence-electron chi connectivity index (χ1n) is 6.84. The third-order valence-electron chi connectivity index (χ3n) is 4.10. The van der Waals surface area contributed by atoms with Crippen molar-refractivity contribution in [2.45, 2.75) is 31.2 Å². The summed E-state index contributed by atoms with van der Waals surface area (Å²) in [6, 6.07) is 15.1. The Balaban J connectivity index is 1.92. The van der Waals surface area contributed by atoms with Crippen LogP contribution in [0.15, 0.2) is 48.5 Å². The van der Waals surface area contributed by atoms with Gasteiger partial charge in [-0.2, -0.15) is 0 Å². The predicted octanol–water partition coefficient (Wildman–Crippen LogP) is 3.95. The summed E-state index contributed by atoms with van der Waals surface area (Å²) in [6.45, 7) is 0. The van der Waals surface area contributed by atoms with Gasteiger partial charge < -0.3 is 5.73 Å². The molecule has 2 N–H and O–H groups in total. The molecule has 98 valence electrons. The first kappa shape index (κ1) is 12.4. The van der Waals surface area contributed by atoms with Gasteiger partial charge in [0.2, 0.25) is 0 Å². The van der Waals surface area contributed by atoms with Crippen molar-refractivity contribution in [2.24, 2.45) is 5.73 Å². The second-order valence-corrected chi connectivity index (χ2v) is 5.27. The second kappa shape index (κ2) is 5.14. The number of hydrogen-bond donors (Lipinski definition) is 1. The van der Waals surface area contributed by atoms with Crippen molar-refractivity contribution >= 4 is 0 Å². The number of hydrogen-bond acceptors (Lipinski definition) is 1. The van der Waals surface area contributed by atoms with Gasteiger partial charge in [0.25, 0.3) is 0 Å². The van der Waals surface area contributed by atoms with E-state index in [2.05, 4.69) is 24.3 Å². The fourth-order valence-electron chi connectivity index (χ4n) is 3.08. The first-order valence-corrected chi connectivity index (χ1v) is 6.84. The van der Waals surface area contributed by atoms with Crippen LogP contribution in [0.3, 0.4) is 0 Å². The summed E-state index contributed by atoms with van der Waals surface area (Å²) in [5.41, 5.74) is 10.2. The zero-order valence-electron chi connectivity index (χ0n) is 10.9. The summed E-state index contributed by atoms with van der Waals surface area (Å²) in [7, 11) is 0. The molecule has 0 saturated carbocycles. The highest BCUT2D eigenvalue weighted by atomic mass is 19.1. The molecule has 1 nitrogen and oxygen atoms in total. The first-order chi connectivity index (χ1) is 9.25. The van der Waals surface area contributed by atoms with Crippen LogP contribution in [0.2, 0.25) is 0 Å². The third-order valence-corrected chi connectivity index (χ3v) is 4.10. The highest BCUT2D eigenvalue weighted by Crippen LogP contribution is 2.38. The maximum Gasteiger partial charge on any atom is 0.123 e. The van der Waals surface area contributed by atoms with Crippen molar-refractivity contribution in [3.8, 4) is 0 Å². The van der Waals surface area contributed by atoms with Gasteiger partial charge >= 0.3 is 0 Å². The van der Waals surface area contributed by atoms with Crippen LogP contribution in [0.1, 0.15) is 41.5 Å². The smallest absolute Gasteiger partial charge is 0.123 e. The molecule has 2 atom stereocenters. The molecule has 2 heteroatoms. The van der Waals surface area contributed by atoms with E-state index in [9.17, 15) is 4.39 Å². The predicted molar refractivity (Wildman–Crippen MR) is 75.4 cm³/mol. The van der Waals surface area contributed by atoms with Crippen LogP contribution in [-0.2, 0) is 6.42 Å². The number of aryl methyl sites for hydroxylation is 1. The summed E-state index contributed by atoms with van der Waals surface area (Å²) >= 11 is 0. The molecule has 0 fully saturated rings. The minimum atomic E-state index is -0.208. The van der Waals surface area contributed by atoms with Gasteiger partial charge in [0.1, 0.15) is 5.82 Å². The van der Waals surface area contributed by atoms with E-state index in [0.717, 1.165) is 18.4 Å². The molecule has 0 radical (unpaired) electrons. The molecule has 0 amide bonds. The van der Waals surface area contributed by atoms with Crippen molar-refractivity contribution in [3.05, 3.63) is 71.0 Å². The molecule has 0 heterocycles. The molecule has 0 aliphatic heterocycles. The Morgan fingerprint density at radius 1 is 1.05 bits per heavy atom. The average molecular weight is 255 g/mol. The molecule has 0 spiro atoms. The van der Waals surface area contributed by atoms with Crippen molar-refractivity contribution in [2.75, 3.05) is 0 Å². The van der Waals surface area contributed by atoms with Crippen LogP contribution in [0.5, 0.6) is 0 Å². The van der Waals surface area contributed by atoms with Gasteiger partial charge in [-0.05, 0) is 48.1 Å². The molecule has 0 bridgehead atoms. The molecular formula is C17H18FN. The third kappa shape index (κ3) is 2.41. The van der Waals surface area contributed by atoms with Gasteiger partial charge in [0, 0.05) is 12.0 Å².